The lowest BCUT2D eigenvalue weighted by molar-refractivity contribution is -0.122. The van der Waals surface area contributed by atoms with Crippen molar-refractivity contribution in [1.82, 2.24) is 25.3 Å². The van der Waals surface area contributed by atoms with E-state index in [0.717, 1.165) is 11.4 Å². The second-order valence-electron chi connectivity index (χ2n) is 7.66. The maximum absolute atomic E-state index is 13.1. The minimum absolute atomic E-state index is 0.0541. The molecular formula is C20H16N6O3. The second-order valence-corrected chi connectivity index (χ2v) is 7.66. The minimum Gasteiger partial charge on any atom is -0.437 e. The first kappa shape index (κ1) is 16.3. The summed E-state index contributed by atoms with van der Waals surface area (Å²) in [5, 5.41) is 2.89. The van der Waals surface area contributed by atoms with Gasteiger partial charge in [-0.2, -0.15) is 0 Å². The summed E-state index contributed by atoms with van der Waals surface area (Å²) in [4.78, 5) is 44.4. The molecule has 2 aliphatic carbocycles. The highest BCUT2D eigenvalue weighted by Crippen LogP contribution is 2.81. The van der Waals surface area contributed by atoms with Crippen molar-refractivity contribution < 1.29 is 14.0 Å². The number of aromatic nitrogens is 4. The molecule has 4 atom stereocenters. The van der Waals surface area contributed by atoms with Gasteiger partial charge in [-0.05, 0) is 12.1 Å². The first-order valence-electron chi connectivity index (χ1n) is 9.37. The van der Waals surface area contributed by atoms with Crippen LogP contribution >= 0.6 is 0 Å². The fourth-order valence-corrected chi connectivity index (χ4v) is 4.67. The highest BCUT2D eigenvalue weighted by atomic mass is 16.4. The molecule has 2 amide bonds. The Kier molecular flexibility index (Phi) is 3.08. The first-order valence-corrected chi connectivity index (χ1v) is 9.37. The molecule has 144 valence electrons. The quantitative estimate of drug-likeness (QED) is 0.707. The number of rotatable bonds is 4. The largest absolute Gasteiger partial charge is 0.437 e. The van der Waals surface area contributed by atoms with Crippen molar-refractivity contribution in [3.05, 3.63) is 66.0 Å². The molecule has 1 N–H and O–H groups in total. The van der Waals surface area contributed by atoms with E-state index in [1.54, 1.807) is 25.6 Å². The molecule has 3 aromatic rings. The molecule has 29 heavy (non-hydrogen) atoms. The second kappa shape index (κ2) is 5.47. The zero-order valence-corrected chi connectivity index (χ0v) is 15.4. The van der Waals surface area contributed by atoms with E-state index in [1.807, 2.05) is 18.2 Å². The summed E-state index contributed by atoms with van der Waals surface area (Å²) in [5.74, 6) is 0.671. The first-order chi connectivity index (χ1) is 14.1. The Balaban J connectivity index is 1.22. The van der Waals surface area contributed by atoms with Crippen LogP contribution in [0.25, 0.3) is 0 Å². The van der Waals surface area contributed by atoms with Crippen LogP contribution in [0.5, 0.6) is 0 Å². The van der Waals surface area contributed by atoms with E-state index < -0.39 is 11.4 Å². The van der Waals surface area contributed by atoms with Gasteiger partial charge < -0.3 is 9.73 Å². The Morgan fingerprint density at radius 1 is 1.17 bits per heavy atom. The van der Waals surface area contributed by atoms with Gasteiger partial charge in [0.2, 0.25) is 0 Å². The molecule has 5 heterocycles. The minimum atomic E-state index is -0.908. The monoisotopic (exact) mass is 388 g/mol. The molecule has 2 saturated carbocycles. The van der Waals surface area contributed by atoms with Gasteiger partial charge in [0.25, 0.3) is 11.8 Å². The molecule has 2 aliphatic heterocycles. The molecule has 9 nitrogen and oxygen atoms in total. The Bertz CT molecular complexity index is 1150. The van der Waals surface area contributed by atoms with Gasteiger partial charge in [-0.3, -0.25) is 24.5 Å². The fourth-order valence-electron chi connectivity index (χ4n) is 4.67. The van der Waals surface area contributed by atoms with Crippen molar-refractivity contribution >= 4 is 17.6 Å². The summed E-state index contributed by atoms with van der Waals surface area (Å²) in [5.41, 5.74) is 0.738. The number of oxazole rings is 1. The van der Waals surface area contributed by atoms with Crippen LogP contribution in [-0.4, -0.2) is 44.3 Å². The third kappa shape index (κ3) is 2.15. The van der Waals surface area contributed by atoms with Gasteiger partial charge in [0.05, 0.1) is 11.9 Å². The number of likely N-dealkylation sites (N-methyl/N-ethyl adjacent to an activating group) is 1. The number of fused-ring (bicyclic) bond motifs is 1. The molecule has 1 unspecified atom stereocenters. The normalized spacial score (nSPS) is 28.2. The van der Waals surface area contributed by atoms with Gasteiger partial charge >= 0.3 is 5.91 Å². The zero-order chi connectivity index (χ0) is 19.8. The van der Waals surface area contributed by atoms with Crippen LogP contribution in [0.4, 0.5) is 5.82 Å². The van der Waals surface area contributed by atoms with Crippen LogP contribution in [0.15, 0.2) is 47.4 Å². The number of hydrogen-bond donors (Lipinski definition) is 1. The van der Waals surface area contributed by atoms with Crippen molar-refractivity contribution in [2.24, 2.45) is 11.8 Å². The van der Waals surface area contributed by atoms with Gasteiger partial charge in [-0.1, -0.05) is 6.07 Å². The van der Waals surface area contributed by atoms with E-state index in [-0.39, 0.29) is 29.6 Å². The number of anilines is 1. The molecule has 7 rings (SSSR count). The summed E-state index contributed by atoms with van der Waals surface area (Å²) in [6.07, 6.45) is 6.86. The van der Waals surface area contributed by atoms with E-state index in [1.165, 1.54) is 11.1 Å². The number of amides is 2. The fraction of sp³-hybridized carbons (Fsp3) is 0.300. The van der Waals surface area contributed by atoms with Crippen LogP contribution in [0, 0.1) is 11.8 Å². The molecule has 0 spiro atoms. The van der Waals surface area contributed by atoms with Crippen molar-refractivity contribution in [1.29, 1.82) is 0 Å². The molecule has 9 heteroatoms. The Morgan fingerprint density at radius 3 is 2.79 bits per heavy atom. The number of carbonyl (C=O) groups is 2. The number of nitrogens with zero attached hydrogens (tertiary/aromatic N) is 5. The van der Waals surface area contributed by atoms with Crippen LogP contribution in [0.3, 0.4) is 0 Å². The smallest absolute Gasteiger partial charge is 0.308 e. The predicted octanol–water partition coefficient (Wildman–Crippen LogP) is 0.939. The number of nitrogens with one attached hydrogen (secondary N) is 1. The molecule has 0 saturated heterocycles. The van der Waals surface area contributed by atoms with E-state index in [2.05, 4.69) is 25.3 Å². The summed E-state index contributed by atoms with van der Waals surface area (Å²) in [6, 6.07) is 5.59. The maximum atomic E-state index is 13.1. The number of hydrogen-bond acceptors (Lipinski definition) is 7. The SMILES string of the molecule is CN1C(=O)[C@@]2(NC(=O)c3ncc(Cc4ccccn4)o3)C3[C@@H](c4nccnc41)[C@H]32. The van der Waals surface area contributed by atoms with E-state index in [0.29, 0.717) is 18.0 Å². The maximum Gasteiger partial charge on any atom is 0.308 e. The van der Waals surface area contributed by atoms with Gasteiger partial charge in [0.15, 0.2) is 5.82 Å². The Morgan fingerprint density at radius 2 is 2.00 bits per heavy atom. The van der Waals surface area contributed by atoms with Gasteiger partial charge in [-0.15, -0.1) is 0 Å². The average Bonchev–Trinajstić information content (AvgIpc) is 3.60. The van der Waals surface area contributed by atoms with Gasteiger partial charge in [-0.25, -0.2) is 9.97 Å². The van der Waals surface area contributed by atoms with Crippen LogP contribution in [0.1, 0.15) is 33.8 Å². The molecule has 0 aromatic carbocycles. The lowest BCUT2D eigenvalue weighted by Gasteiger charge is -2.25. The van der Waals surface area contributed by atoms with Crippen LogP contribution in [0.2, 0.25) is 0 Å². The van der Waals surface area contributed by atoms with Crippen LogP contribution in [-0.2, 0) is 11.2 Å². The molecular weight excluding hydrogens is 372 g/mol. The lowest BCUT2D eigenvalue weighted by Crippen LogP contribution is -2.54. The number of pyridine rings is 1. The summed E-state index contributed by atoms with van der Waals surface area (Å²) < 4.78 is 5.60. The molecule has 2 fully saturated rings. The van der Waals surface area contributed by atoms with Crippen LogP contribution < -0.4 is 10.2 Å². The van der Waals surface area contributed by atoms with Crippen molar-refractivity contribution in [2.75, 3.05) is 11.9 Å². The lowest BCUT2D eigenvalue weighted by atomic mass is 9.95. The van der Waals surface area contributed by atoms with Crippen molar-refractivity contribution in [3.8, 4) is 0 Å². The molecule has 0 radical (unpaired) electrons. The third-order valence-corrected chi connectivity index (χ3v) is 6.11. The predicted molar refractivity (Wildman–Crippen MR) is 98.9 cm³/mol. The number of carbonyl (C=O) groups excluding carboxylic acids is 2. The average molecular weight is 388 g/mol. The summed E-state index contributed by atoms with van der Waals surface area (Å²) in [7, 11) is 1.67. The highest BCUT2D eigenvalue weighted by Gasteiger charge is 2.90. The van der Waals surface area contributed by atoms with E-state index in [9.17, 15) is 9.59 Å². The Labute approximate surface area is 165 Å². The topological polar surface area (TPSA) is 114 Å². The summed E-state index contributed by atoms with van der Waals surface area (Å²) >= 11 is 0. The van der Waals surface area contributed by atoms with E-state index >= 15 is 0 Å². The molecule has 4 aliphatic rings. The Hall–Kier alpha value is -3.62. The summed E-state index contributed by atoms with van der Waals surface area (Å²) in [6.45, 7) is 0. The van der Waals surface area contributed by atoms with Gasteiger partial charge in [0.1, 0.15) is 11.3 Å². The van der Waals surface area contributed by atoms with E-state index in [4.69, 9.17) is 4.42 Å². The zero-order valence-electron chi connectivity index (χ0n) is 15.4. The standard InChI is InChI=1S/C20H16N6O3/c1-26-16-15(22-6-7-23-16)12-13-14(12)20(13,19(26)28)25-17(27)18-24-9-11(29-18)8-10-4-2-3-5-21-10/h2-7,9,12-14H,8H2,1H3,(H,25,27)/t12-,13+,14?,20-/m0/s1. The van der Waals surface area contributed by atoms with Crippen molar-refractivity contribution in [3.63, 3.8) is 0 Å². The third-order valence-electron chi connectivity index (χ3n) is 6.11. The molecule has 2 bridgehead atoms. The van der Waals surface area contributed by atoms with Gasteiger partial charge in [0, 0.05) is 55.5 Å². The van der Waals surface area contributed by atoms with Crippen molar-refractivity contribution in [2.45, 2.75) is 17.9 Å². The highest BCUT2D eigenvalue weighted by molar-refractivity contribution is 6.10. The molecule has 3 aromatic heterocycles.